The quantitative estimate of drug-likeness (QED) is 0.557. The van der Waals surface area contributed by atoms with Crippen LogP contribution in [0.3, 0.4) is 0 Å². The number of nitrogens with one attached hydrogen (secondary N) is 2. The maximum absolute atomic E-state index is 11.0. The number of unbranched alkanes of at least 4 members (excludes halogenated alkanes) is 3. The zero-order valence-corrected chi connectivity index (χ0v) is 14.8. The van der Waals surface area contributed by atoms with Crippen molar-refractivity contribution >= 4 is 22.0 Å². The number of nitrogens with zero attached hydrogens (tertiary/aromatic N) is 1. The molecule has 1 atom stereocenters. The van der Waals surface area contributed by atoms with E-state index < -0.39 is 6.09 Å². The molecule has 0 bridgehead atoms. The molecule has 1 aromatic heterocycles. The minimum Gasteiger partial charge on any atom is -0.465 e. The molecule has 2 rings (SSSR count). The highest BCUT2D eigenvalue weighted by Gasteiger charge is 2.17. The average Bonchev–Trinajstić information content (AvgIpc) is 3.00. The van der Waals surface area contributed by atoms with Gasteiger partial charge in [-0.3, -0.25) is 0 Å². The largest absolute Gasteiger partial charge is 0.465 e. The lowest BCUT2D eigenvalue weighted by Crippen LogP contribution is -2.27. The first-order valence-corrected chi connectivity index (χ1v) is 8.70. The van der Waals surface area contributed by atoms with Crippen LogP contribution in [0.5, 0.6) is 0 Å². The molecule has 1 amide bonds. The summed E-state index contributed by atoms with van der Waals surface area (Å²) in [5.41, 5.74) is 1.80. The molecular weight excluding hydrogens is 358 g/mol. The van der Waals surface area contributed by atoms with Gasteiger partial charge in [0.1, 0.15) is 5.82 Å². The van der Waals surface area contributed by atoms with E-state index in [1.165, 1.54) is 6.42 Å². The molecule has 2 aromatic rings. The first kappa shape index (κ1) is 17.5. The summed E-state index contributed by atoms with van der Waals surface area (Å²) in [4.78, 5) is 18.7. The average molecular weight is 380 g/mol. The molecule has 0 fully saturated rings. The molecule has 0 spiro atoms. The highest BCUT2D eigenvalue weighted by Crippen LogP contribution is 2.24. The van der Waals surface area contributed by atoms with Crippen molar-refractivity contribution in [2.24, 2.45) is 0 Å². The van der Waals surface area contributed by atoms with Gasteiger partial charge in [-0.2, -0.15) is 0 Å². The van der Waals surface area contributed by atoms with Crippen molar-refractivity contribution in [3.05, 3.63) is 40.8 Å². The second kappa shape index (κ2) is 8.72. The van der Waals surface area contributed by atoms with Gasteiger partial charge in [-0.05, 0) is 18.6 Å². The van der Waals surface area contributed by atoms with Crippen LogP contribution < -0.4 is 5.32 Å². The van der Waals surface area contributed by atoms with E-state index in [0.29, 0.717) is 5.82 Å². The van der Waals surface area contributed by atoms with E-state index in [-0.39, 0.29) is 6.04 Å². The number of aromatic nitrogens is 2. The van der Waals surface area contributed by atoms with Gasteiger partial charge in [-0.15, -0.1) is 0 Å². The van der Waals surface area contributed by atoms with Crippen LogP contribution in [-0.2, 0) is 0 Å². The molecule has 6 heteroatoms. The van der Waals surface area contributed by atoms with Crippen LogP contribution >= 0.6 is 15.9 Å². The summed E-state index contributed by atoms with van der Waals surface area (Å²) in [6.07, 6.45) is 5.95. The molecule has 3 N–H and O–H groups in total. The Bertz CT molecular complexity index is 642. The Morgan fingerprint density at radius 3 is 2.91 bits per heavy atom. The molecule has 23 heavy (non-hydrogen) atoms. The molecule has 1 unspecified atom stereocenters. The van der Waals surface area contributed by atoms with Gasteiger partial charge in [0.15, 0.2) is 0 Å². The summed E-state index contributed by atoms with van der Waals surface area (Å²) in [6.45, 7) is 2.16. The molecule has 0 saturated heterocycles. The second-order valence-electron chi connectivity index (χ2n) is 5.53. The Kier molecular flexibility index (Phi) is 6.65. The third-order valence-electron chi connectivity index (χ3n) is 3.69. The van der Waals surface area contributed by atoms with Crippen LogP contribution in [-0.4, -0.2) is 21.2 Å². The van der Waals surface area contributed by atoms with Crippen molar-refractivity contribution in [2.45, 2.75) is 45.1 Å². The van der Waals surface area contributed by atoms with Crippen molar-refractivity contribution < 1.29 is 9.90 Å². The number of carbonyl (C=O) groups is 1. The normalized spacial score (nSPS) is 12.1. The summed E-state index contributed by atoms with van der Waals surface area (Å²) >= 11 is 3.45. The molecule has 0 aliphatic heterocycles. The number of imidazole rings is 1. The number of benzene rings is 1. The molecule has 124 valence electrons. The molecule has 0 radical (unpaired) electrons. The smallest absolute Gasteiger partial charge is 0.405 e. The zero-order chi connectivity index (χ0) is 16.7. The summed E-state index contributed by atoms with van der Waals surface area (Å²) in [5.74, 6) is 0.666. The Hall–Kier alpha value is -1.82. The Morgan fingerprint density at radius 1 is 1.39 bits per heavy atom. The SMILES string of the molecule is CCCCCCC(NC(=O)O)c1nc(-c2cccc(Br)c2)c[nH]1. The highest BCUT2D eigenvalue weighted by atomic mass is 79.9. The van der Waals surface area contributed by atoms with Gasteiger partial charge in [0, 0.05) is 16.2 Å². The fourth-order valence-electron chi connectivity index (χ4n) is 2.51. The van der Waals surface area contributed by atoms with Crippen molar-refractivity contribution in [1.29, 1.82) is 0 Å². The number of hydrogen-bond acceptors (Lipinski definition) is 2. The molecule has 1 aromatic carbocycles. The van der Waals surface area contributed by atoms with Crippen molar-refractivity contribution in [1.82, 2.24) is 15.3 Å². The lowest BCUT2D eigenvalue weighted by Gasteiger charge is -2.14. The van der Waals surface area contributed by atoms with Crippen molar-refractivity contribution in [2.75, 3.05) is 0 Å². The highest BCUT2D eigenvalue weighted by molar-refractivity contribution is 9.10. The van der Waals surface area contributed by atoms with E-state index in [9.17, 15) is 4.79 Å². The van der Waals surface area contributed by atoms with Crippen LogP contribution in [0.25, 0.3) is 11.3 Å². The Morgan fingerprint density at radius 2 is 2.22 bits per heavy atom. The summed E-state index contributed by atoms with van der Waals surface area (Å²) in [6, 6.07) is 7.57. The number of hydrogen-bond donors (Lipinski definition) is 3. The summed E-state index contributed by atoms with van der Waals surface area (Å²) < 4.78 is 0.985. The van der Waals surface area contributed by atoms with Crippen LogP contribution in [0.2, 0.25) is 0 Å². The fourth-order valence-corrected chi connectivity index (χ4v) is 2.91. The minimum atomic E-state index is -1.02. The van der Waals surface area contributed by atoms with E-state index >= 15 is 0 Å². The first-order valence-electron chi connectivity index (χ1n) is 7.91. The number of rotatable bonds is 8. The van der Waals surface area contributed by atoms with E-state index in [1.807, 2.05) is 30.5 Å². The maximum atomic E-state index is 11.0. The van der Waals surface area contributed by atoms with Gasteiger partial charge in [-0.1, -0.05) is 60.7 Å². The molecule has 0 aliphatic carbocycles. The van der Waals surface area contributed by atoms with Crippen LogP contribution in [0, 0.1) is 0 Å². The second-order valence-corrected chi connectivity index (χ2v) is 6.45. The summed E-state index contributed by atoms with van der Waals surface area (Å²) in [5, 5.41) is 11.6. The van der Waals surface area contributed by atoms with E-state index in [4.69, 9.17) is 5.11 Å². The van der Waals surface area contributed by atoms with Gasteiger partial charge >= 0.3 is 6.09 Å². The maximum Gasteiger partial charge on any atom is 0.405 e. The molecule has 1 heterocycles. The van der Waals surface area contributed by atoms with Gasteiger partial charge in [0.25, 0.3) is 0 Å². The number of aromatic amines is 1. The van der Waals surface area contributed by atoms with Crippen LogP contribution in [0.4, 0.5) is 4.79 Å². The monoisotopic (exact) mass is 379 g/mol. The molecular formula is C17H22BrN3O2. The van der Waals surface area contributed by atoms with Crippen molar-refractivity contribution in [3.8, 4) is 11.3 Å². The first-order chi connectivity index (χ1) is 11.1. The summed E-state index contributed by atoms with van der Waals surface area (Å²) in [7, 11) is 0. The van der Waals surface area contributed by atoms with Gasteiger partial charge < -0.3 is 15.4 Å². The number of halogens is 1. The van der Waals surface area contributed by atoms with E-state index in [1.54, 1.807) is 0 Å². The predicted octanol–water partition coefficient (Wildman–Crippen LogP) is 5.12. The van der Waals surface area contributed by atoms with E-state index in [0.717, 1.165) is 41.4 Å². The zero-order valence-electron chi connectivity index (χ0n) is 13.2. The lowest BCUT2D eigenvalue weighted by atomic mass is 10.1. The standard InChI is InChI=1S/C17H22BrN3O2/c1-2-3-4-5-9-14(21-17(22)23)16-19-11-15(20-16)12-7-6-8-13(18)10-12/h6-8,10-11,14,21H,2-5,9H2,1H3,(H,19,20)(H,22,23). The van der Waals surface area contributed by atoms with E-state index in [2.05, 4.69) is 38.1 Å². The Balaban J connectivity index is 2.11. The minimum absolute atomic E-state index is 0.301. The van der Waals surface area contributed by atoms with Crippen LogP contribution in [0.1, 0.15) is 50.9 Å². The molecule has 0 saturated carbocycles. The molecule has 5 nitrogen and oxygen atoms in total. The molecule has 0 aliphatic rings. The number of H-pyrrole nitrogens is 1. The number of carboxylic acid groups (broad SMARTS) is 1. The van der Waals surface area contributed by atoms with Gasteiger partial charge in [-0.25, -0.2) is 9.78 Å². The van der Waals surface area contributed by atoms with Crippen LogP contribution in [0.15, 0.2) is 34.9 Å². The topological polar surface area (TPSA) is 78.0 Å². The Labute approximate surface area is 144 Å². The lowest BCUT2D eigenvalue weighted by molar-refractivity contribution is 0.188. The number of amides is 1. The fraction of sp³-hybridized carbons (Fsp3) is 0.412. The van der Waals surface area contributed by atoms with Crippen molar-refractivity contribution in [3.63, 3.8) is 0 Å². The van der Waals surface area contributed by atoms with Gasteiger partial charge in [0.05, 0.1) is 11.7 Å². The third kappa shape index (κ3) is 5.39. The predicted molar refractivity (Wildman–Crippen MR) is 94.4 cm³/mol. The third-order valence-corrected chi connectivity index (χ3v) is 4.19. The van der Waals surface area contributed by atoms with Gasteiger partial charge in [0.2, 0.25) is 0 Å².